The number of aryl methyl sites for hydroxylation is 1. The highest BCUT2D eigenvalue weighted by molar-refractivity contribution is 5.65. The van der Waals surface area contributed by atoms with Crippen LogP contribution in [0.15, 0.2) is 23.4 Å². The maximum absolute atomic E-state index is 5.07. The van der Waals surface area contributed by atoms with Gasteiger partial charge in [-0.2, -0.15) is 0 Å². The quantitative estimate of drug-likeness (QED) is 0.549. The average molecular weight is 147 g/mol. The molecule has 2 rings (SSSR count). The fourth-order valence-electron chi connectivity index (χ4n) is 1.25. The summed E-state index contributed by atoms with van der Waals surface area (Å²) in [5.41, 5.74) is 2.52. The largest absolute Gasteiger partial charge is 0.357 e. The van der Waals surface area contributed by atoms with Gasteiger partial charge in [0, 0.05) is 18.2 Å². The van der Waals surface area contributed by atoms with Gasteiger partial charge in [0.15, 0.2) is 5.75 Å². The number of hydrogen-bond acceptors (Lipinski definition) is 2. The van der Waals surface area contributed by atoms with Crippen LogP contribution in [-0.2, 0) is 6.42 Å². The monoisotopic (exact) mass is 147 g/mol. The summed E-state index contributed by atoms with van der Waals surface area (Å²) in [7, 11) is 0. The molecule has 1 aromatic carbocycles. The maximum atomic E-state index is 5.07. The van der Waals surface area contributed by atoms with Gasteiger partial charge < -0.3 is 4.84 Å². The molecule has 1 aliphatic rings. The van der Waals surface area contributed by atoms with Crippen LogP contribution in [0.2, 0.25) is 0 Å². The van der Waals surface area contributed by atoms with Gasteiger partial charge in [-0.1, -0.05) is 17.3 Å². The van der Waals surface area contributed by atoms with Crippen LogP contribution in [0.3, 0.4) is 0 Å². The van der Waals surface area contributed by atoms with Crippen molar-refractivity contribution in [3.8, 4) is 5.75 Å². The summed E-state index contributed by atoms with van der Waals surface area (Å²) in [6.07, 6.45) is 2.68. The van der Waals surface area contributed by atoms with E-state index in [0.717, 1.165) is 12.2 Å². The van der Waals surface area contributed by atoms with Crippen LogP contribution in [-0.4, -0.2) is 6.21 Å². The summed E-state index contributed by atoms with van der Waals surface area (Å²) in [5.74, 6) is 0.896. The molecule has 2 heteroatoms. The van der Waals surface area contributed by atoms with Crippen LogP contribution < -0.4 is 4.84 Å². The van der Waals surface area contributed by atoms with Gasteiger partial charge in [-0.3, -0.25) is 0 Å². The van der Waals surface area contributed by atoms with Gasteiger partial charge in [0.2, 0.25) is 0 Å². The Morgan fingerprint density at radius 3 is 3.18 bits per heavy atom. The standard InChI is InChI=1S/C9H9NO/c1-7-3-2-4-9-8(7)5-6-10-11-9/h2-4,6H,5H2,1H3. The van der Waals surface area contributed by atoms with E-state index in [2.05, 4.69) is 18.1 Å². The molecule has 0 unspecified atom stereocenters. The minimum atomic E-state index is 0.891. The molecule has 0 aliphatic carbocycles. The number of benzene rings is 1. The Morgan fingerprint density at radius 1 is 1.45 bits per heavy atom. The zero-order chi connectivity index (χ0) is 7.68. The molecule has 11 heavy (non-hydrogen) atoms. The Balaban J connectivity index is 2.54. The molecule has 0 saturated heterocycles. The van der Waals surface area contributed by atoms with Crippen molar-refractivity contribution in [3.05, 3.63) is 29.3 Å². The van der Waals surface area contributed by atoms with E-state index in [0.29, 0.717) is 0 Å². The van der Waals surface area contributed by atoms with Crippen LogP contribution in [0.5, 0.6) is 5.75 Å². The molecule has 1 aromatic rings. The van der Waals surface area contributed by atoms with Crippen LogP contribution in [0.1, 0.15) is 11.1 Å². The number of nitrogens with zero attached hydrogens (tertiary/aromatic N) is 1. The molecule has 0 spiro atoms. The highest BCUT2D eigenvalue weighted by atomic mass is 16.6. The molecule has 0 radical (unpaired) electrons. The lowest BCUT2D eigenvalue weighted by molar-refractivity contribution is 0.333. The fourth-order valence-corrected chi connectivity index (χ4v) is 1.25. The van der Waals surface area contributed by atoms with Gasteiger partial charge in [-0.05, 0) is 18.6 Å². The molecule has 0 N–H and O–H groups in total. The van der Waals surface area contributed by atoms with Crippen molar-refractivity contribution in [2.45, 2.75) is 13.3 Å². The van der Waals surface area contributed by atoms with Gasteiger partial charge in [0.05, 0.1) is 0 Å². The number of oxime groups is 1. The summed E-state index contributed by atoms with van der Waals surface area (Å²) in [6, 6.07) is 6.01. The molecule has 56 valence electrons. The van der Waals surface area contributed by atoms with Crippen molar-refractivity contribution in [3.63, 3.8) is 0 Å². The average Bonchev–Trinajstić information content (AvgIpc) is 2.06. The third-order valence-corrected chi connectivity index (χ3v) is 1.89. The third-order valence-electron chi connectivity index (χ3n) is 1.89. The maximum Gasteiger partial charge on any atom is 0.161 e. The van der Waals surface area contributed by atoms with E-state index >= 15 is 0 Å². The van der Waals surface area contributed by atoms with Gasteiger partial charge in [-0.15, -0.1) is 0 Å². The molecular weight excluding hydrogens is 138 g/mol. The van der Waals surface area contributed by atoms with Gasteiger partial charge in [0.25, 0.3) is 0 Å². The smallest absolute Gasteiger partial charge is 0.161 e. The van der Waals surface area contributed by atoms with Crippen LogP contribution in [0, 0.1) is 6.92 Å². The highest BCUT2D eigenvalue weighted by Gasteiger charge is 2.08. The van der Waals surface area contributed by atoms with Gasteiger partial charge >= 0.3 is 0 Å². The van der Waals surface area contributed by atoms with E-state index in [4.69, 9.17) is 4.84 Å². The molecule has 1 aliphatic heterocycles. The molecule has 1 heterocycles. The van der Waals surface area contributed by atoms with E-state index < -0.39 is 0 Å². The Morgan fingerprint density at radius 2 is 2.36 bits per heavy atom. The predicted molar refractivity (Wildman–Crippen MR) is 44.0 cm³/mol. The Bertz CT molecular complexity index is 304. The van der Waals surface area contributed by atoms with Crippen molar-refractivity contribution >= 4 is 6.21 Å². The lowest BCUT2D eigenvalue weighted by Crippen LogP contribution is -2.01. The molecule has 0 amide bonds. The number of fused-ring (bicyclic) bond motifs is 1. The van der Waals surface area contributed by atoms with Crippen molar-refractivity contribution in [1.29, 1.82) is 0 Å². The zero-order valence-electron chi connectivity index (χ0n) is 6.37. The van der Waals surface area contributed by atoms with Crippen molar-refractivity contribution < 1.29 is 4.84 Å². The second-order valence-corrected chi connectivity index (χ2v) is 2.63. The lowest BCUT2D eigenvalue weighted by Gasteiger charge is -2.11. The first kappa shape index (κ1) is 6.40. The number of hydrogen-bond donors (Lipinski definition) is 0. The minimum Gasteiger partial charge on any atom is -0.357 e. The van der Waals surface area contributed by atoms with E-state index in [9.17, 15) is 0 Å². The summed E-state index contributed by atoms with van der Waals surface area (Å²) in [5, 5.41) is 3.73. The fraction of sp³-hybridized carbons (Fsp3) is 0.222. The Kier molecular flexibility index (Phi) is 1.39. The Hall–Kier alpha value is -1.31. The summed E-state index contributed by atoms with van der Waals surface area (Å²) < 4.78 is 0. The third kappa shape index (κ3) is 1.00. The van der Waals surface area contributed by atoms with Crippen molar-refractivity contribution in [1.82, 2.24) is 0 Å². The Labute approximate surface area is 65.5 Å². The van der Waals surface area contributed by atoms with Crippen molar-refractivity contribution in [2.24, 2.45) is 5.16 Å². The molecule has 0 saturated carbocycles. The molecule has 0 fully saturated rings. The SMILES string of the molecule is Cc1cccc2c1CC=NO2. The summed E-state index contributed by atoms with van der Waals surface area (Å²) in [6.45, 7) is 2.08. The second-order valence-electron chi connectivity index (χ2n) is 2.63. The van der Waals surface area contributed by atoms with Crippen molar-refractivity contribution in [2.75, 3.05) is 0 Å². The van der Waals surface area contributed by atoms with Gasteiger partial charge in [0.1, 0.15) is 0 Å². The molecule has 0 aromatic heterocycles. The van der Waals surface area contributed by atoms with Crippen LogP contribution in [0.25, 0.3) is 0 Å². The topological polar surface area (TPSA) is 21.6 Å². The zero-order valence-corrected chi connectivity index (χ0v) is 6.37. The summed E-state index contributed by atoms with van der Waals surface area (Å²) >= 11 is 0. The molecule has 2 nitrogen and oxygen atoms in total. The first-order valence-electron chi connectivity index (χ1n) is 3.65. The molecular formula is C9H9NO. The normalized spacial score (nSPS) is 13.9. The van der Waals surface area contributed by atoms with E-state index in [-0.39, 0.29) is 0 Å². The molecule has 0 atom stereocenters. The van der Waals surface area contributed by atoms with E-state index in [1.54, 1.807) is 6.21 Å². The lowest BCUT2D eigenvalue weighted by atomic mass is 10.1. The minimum absolute atomic E-state index is 0.891. The van der Waals surface area contributed by atoms with Crippen LogP contribution >= 0.6 is 0 Å². The summed E-state index contributed by atoms with van der Waals surface area (Å²) in [4.78, 5) is 5.07. The number of rotatable bonds is 0. The molecule has 0 bridgehead atoms. The second kappa shape index (κ2) is 2.38. The van der Waals surface area contributed by atoms with Gasteiger partial charge in [-0.25, -0.2) is 0 Å². The van der Waals surface area contributed by atoms with E-state index in [1.807, 2.05) is 12.1 Å². The highest BCUT2D eigenvalue weighted by Crippen LogP contribution is 2.24. The van der Waals surface area contributed by atoms with E-state index in [1.165, 1.54) is 11.1 Å². The predicted octanol–water partition coefficient (Wildman–Crippen LogP) is 1.92. The first-order valence-corrected chi connectivity index (χ1v) is 3.65. The first-order chi connectivity index (χ1) is 5.38. The van der Waals surface area contributed by atoms with Crippen LogP contribution in [0.4, 0.5) is 0 Å².